The minimum absolute atomic E-state index is 0. The Kier molecular flexibility index (Phi) is 9.14. The second-order valence-electron chi connectivity index (χ2n) is 5.59. The summed E-state index contributed by atoms with van der Waals surface area (Å²) in [6.07, 6.45) is 0. The van der Waals surface area contributed by atoms with Crippen molar-refractivity contribution >= 4 is 63.2 Å². The summed E-state index contributed by atoms with van der Waals surface area (Å²) >= 11 is 11.7. The van der Waals surface area contributed by atoms with Crippen molar-refractivity contribution < 1.29 is 8.42 Å². The molecule has 1 rings (SSSR count). The van der Waals surface area contributed by atoms with Crippen molar-refractivity contribution in [3.8, 4) is 0 Å². The van der Waals surface area contributed by atoms with Gasteiger partial charge in [0.1, 0.15) is 4.90 Å². The molecule has 0 aliphatic carbocycles. The number of hydrogen-bond acceptors (Lipinski definition) is 3. The first-order valence-corrected chi connectivity index (χ1v) is 8.78. The first kappa shape index (κ1) is 22.7. The van der Waals surface area contributed by atoms with Gasteiger partial charge in [0.05, 0.1) is 16.6 Å². The molecule has 0 saturated carbocycles. The maximum absolute atomic E-state index is 12.1. The molecular weight excluding hydrogens is 474 g/mol. The second kappa shape index (κ2) is 9.26. The topological polar surface area (TPSA) is 96.6 Å². The van der Waals surface area contributed by atoms with E-state index >= 15 is 0 Å². The van der Waals surface area contributed by atoms with Gasteiger partial charge in [-0.3, -0.25) is 4.99 Å². The average Bonchev–Trinajstić information content (AvgIpc) is 2.35. The third kappa shape index (κ3) is 7.88. The Bertz CT molecular complexity index is 660. The number of sulfonamides is 1. The Morgan fingerprint density at radius 1 is 1.30 bits per heavy atom. The molecule has 0 spiro atoms. The van der Waals surface area contributed by atoms with E-state index < -0.39 is 10.0 Å². The lowest BCUT2D eigenvalue weighted by atomic mass is 10.1. The summed E-state index contributed by atoms with van der Waals surface area (Å²) in [5, 5.41) is 3.15. The molecule has 0 radical (unpaired) electrons. The molecule has 132 valence electrons. The van der Waals surface area contributed by atoms with Crippen molar-refractivity contribution in [2.75, 3.05) is 13.1 Å². The molecule has 10 heteroatoms. The van der Waals surface area contributed by atoms with Crippen LogP contribution in [0.1, 0.15) is 20.8 Å². The summed E-state index contributed by atoms with van der Waals surface area (Å²) in [6, 6.07) is 4.42. The Morgan fingerprint density at radius 2 is 1.91 bits per heavy atom. The highest BCUT2D eigenvalue weighted by molar-refractivity contribution is 14.0. The van der Waals surface area contributed by atoms with Gasteiger partial charge < -0.3 is 11.1 Å². The van der Waals surface area contributed by atoms with Crippen molar-refractivity contribution in [2.45, 2.75) is 31.2 Å². The monoisotopic (exact) mass is 494 g/mol. The molecule has 0 bridgehead atoms. The van der Waals surface area contributed by atoms with E-state index in [4.69, 9.17) is 28.9 Å². The number of nitrogens with two attached hydrogens (primary N) is 1. The lowest BCUT2D eigenvalue weighted by Gasteiger charge is -2.21. The van der Waals surface area contributed by atoms with Crippen LogP contribution in [0.4, 0.5) is 0 Å². The molecule has 0 atom stereocenters. The highest BCUT2D eigenvalue weighted by Gasteiger charge is 2.18. The van der Waals surface area contributed by atoms with Crippen molar-refractivity contribution in [1.29, 1.82) is 0 Å². The first-order valence-electron chi connectivity index (χ1n) is 6.55. The smallest absolute Gasteiger partial charge is 0.242 e. The van der Waals surface area contributed by atoms with E-state index in [9.17, 15) is 8.42 Å². The molecular formula is C13H21Cl2IN4O2S. The summed E-state index contributed by atoms with van der Waals surface area (Å²) in [6.45, 7) is 6.13. The number of rotatable bonds is 5. The van der Waals surface area contributed by atoms with Gasteiger partial charge >= 0.3 is 0 Å². The van der Waals surface area contributed by atoms with Crippen molar-refractivity contribution in [2.24, 2.45) is 10.7 Å². The molecule has 0 aliphatic heterocycles. The number of benzene rings is 1. The van der Waals surface area contributed by atoms with Crippen molar-refractivity contribution in [3.63, 3.8) is 0 Å². The number of nitrogens with one attached hydrogen (secondary N) is 2. The van der Waals surface area contributed by atoms with Crippen LogP contribution in [0.15, 0.2) is 28.1 Å². The molecule has 0 fully saturated rings. The Balaban J connectivity index is 0.00000484. The van der Waals surface area contributed by atoms with Gasteiger partial charge in [0.15, 0.2) is 5.96 Å². The van der Waals surface area contributed by atoms with Gasteiger partial charge in [-0.25, -0.2) is 13.1 Å². The lowest BCUT2D eigenvalue weighted by Crippen LogP contribution is -2.45. The third-order valence-electron chi connectivity index (χ3n) is 2.39. The van der Waals surface area contributed by atoms with E-state index in [2.05, 4.69) is 15.0 Å². The fourth-order valence-electron chi connectivity index (χ4n) is 1.55. The molecule has 1 aromatic rings. The second-order valence-corrected chi connectivity index (χ2v) is 8.11. The maximum Gasteiger partial charge on any atom is 0.242 e. The van der Waals surface area contributed by atoms with Gasteiger partial charge in [-0.2, -0.15) is 0 Å². The molecule has 4 N–H and O–H groups in total. The highest BCUT2D eigenvalue weighted by atomic mass is 127. The largest absolute Gasteiger partial charge is 0.370 e. The van der Waals surface area contributed by atoms with E-state index in [1.54, 1.807) is 0 Å². The number of guanidine groups is 1. The number of nitrogens with zero attached hydrogens (tertiary/aromatic N) is 1. The molecule has 0 aliphatic rings. The van der Waals surface area contributed by atoms with Crippen LogP contribution in [-0.4, -0.2) is 33.0 Å². The lowest BCUT2D eigenvalue weighted by molar-refractivity contribution is 0.508. The van der Waals surface area contributed by atoms with E-state index in [1.165, 1.54) is 18.2 Å². The van der Waals surface area contributed by atoms with Crippen LogP contribution in [0.2, 0.25) is 10.0 Å². The van der Waals surface area contributed by atoms with Gasteiger partial charge in [0.2, 0.25) is 10.0 Å². The summed E-state index contributed by atoms with van der Waals surface area (Å²) < 4.78 is 26.7. The van der Waals surface area contributed by atoms with Crippen molar-refractivity contribution in [3.05, 3.63) is 28.2 Å². The van der Waals surface area contributed by atoms with Gasteiger partial charge in [-0.05, 0) is 32.9 Å². The minimum Gasteiger partial charge on any atom is -0.370 e. The maximum atomic E-state index is 12.1. The molecule has 0 unspecified atom stereocenters. The van der Waals surface area contributed by atoms with E-state index in [0.717, 1.165) is 0 Å². The third-order valence-corrected chi connectivity index (χ3v) is 4.83. The summed E-state index contributed by atoms with van der Waals surface area (Å²) in [7, 11) is -3.74. The number of halogens is 3. The van der Waals surface area contributed by atoms with Crippen LogP contribution in [0, 0.1) is 0 Å². The van der Waals surface area contributed by atoms with Crippen LogP contribution in [0.5, 0.6) is 0 Å². The fourth-order valence-corrected chi connectivity index (χ4v) is 3.33. The van der Waals surface area contributed by atoms with Crippen molar-refractivity contribution in [1.82, 2.24) is 10.0 Å². The van der Waals surface area contributed by atoms with Gasteiger partial charge in [-0.15, -0.1) is 24.0 Å². The van der Waals surface area contributed by atoms with Crippen LogP contribution in [-0.2, 0) is 10.0 Å². The minimum atomic E-state index is -3.74. The normalized spacial score (nSPS) is 12.7. The molecule has 0 heterocycles. The standard InChI is InChI=1S/C13H20Cl2N4O2S.HI/c1-13(2,3)19-12(16)17-7-8-18-22(20,21)10-6-4-5-9(14)11(10)15;/h4-6,18H,7-8H2,1-3H3,(H3,16,17,19);1H. The predicted molar refractivity (Wildman–Crippen MR) is 106 cm³/mol. The molecule has 6 nitrogen and oxygen atoms in total. The zero-order valence-corrected chi connectivity index (χ0v) is 17.7. The molecule has 23 heavy (non-hydrogen) atoms. The van der Waals surface area contributed by atoms with E-state index in [0.29, 0.717) is 0 Å². The molecule has 1 aromatic carbocycles. The molecule has 0 amide bonds. The predicted octanol–water partition coefficient (Wildman–Crippen LogP) is 2.59. The van der Waals surface area contributed by atoms with Crippen LogP contribution < -0.4 is 15.8 Å². The van der Waals surface area contributed by atoms with E-state index in [1.807, 2.05) is 20.8 Å². The highest BCUT2D eigenvalue weighted by Crippen LogP contribution is 2.28. The first-order chi connectivity index (χ1) is 10.0. The number of hydrogen-bond donors (Lipinski definition) is 3. The van der Waals surface area contributed by atoms with Gasteiger partial charge in [0, 0.05) is 12.1 Å². The van der Waals surface area contributed by atoms with Crippen LogP contribution in [0.3, 0.4) is 0 Å². The van der Waals surface area contributed by atoms with Crippen LogP contribution >= 0.6 is 47.2 Å². The molecule has 0 saturated heterocycles. The van der Waals surface area contributed by atoms with Gasteiger partial charge in [0.25, 0.3) is 0 Å². The van der Waals surface area contributed by atoms with Gasteiger partial charge in [-0.1, -0.05) is 29.3 Å². The Hall–Kier alpha value is -0.290. The summed E-state index contributed by atoms with van der Waals surface area (Å²) in [4.78, 5) is 3.98. The summed E-state index contributed by atoms with van der Waals surface area (Å²) in [5.41, 5.74) is 5.48. The number of aliphatic imine (C=N–C) groups is 1. The average molecular weight is 495 g/mol. The zero-order valence-electron chi connectivity index (χ0n) is 13.1. The Labute approximate surface area is 164 Å². The van der Waals surface area contributed by atoms with Crippen LogP contribution in [0.25, 0.3) is 0 Å². The fraction of sp³-hybridized carbons (Fsp3) is 0.462. The summed E-state index contributed by atoms with van der Waals surface area (Å²) in [5.74, 6) is 0.257. The SMILES string of the molecule is CC(C)(C)NC(N)=NCCNS(=O)(=O)c1cccc(Cl)c1Cl.I. The molecule has 0 aromatic heterocycles. The Morgan fingerprint density at radius 3 is 2.48 bits per heavy atom. The van der Waals surface area contributed by atoms with E-state index in [-0.39, 0.29) is 63.5 Å². The zero-order chi connectivity index (χ0) is 17.0. The quantitative estimate of drug-likeness (QED) is 0.253.